The lowest BCUT2D eigenvalue weighted by molar-refractivity contribution is 0.511. The molecule has 3 heteroatoms. The van der Waals surface area contributed by atoms with Crippen molar-refractivity contribution in [3.63, 3.8) is 0 Å². The van der Waals surface area contributed by atoms with E-state index in [-0.39, 0.29) is 0 Å². The molecule has 0 aliphatic rings. The molecule has 0 aliphatic carbocycles. The Morgan fingerprint density at radius 1 is 1.50 bits per heavy atom. The van der Waals surface area contributed by atoms with Gasteiger partial charge in [-0.3, -0.25) is 4.40 Å². The van der Waals surface area contributed by atoms with Crippen LogP contribution in [0.4, 0.5) is 0 Å². The smallest absolute Gasteiger partial charge is 0.306 e. The first-order valence-corrected chi connectivity index (χ1v) is 4.12. The number of rotatable bonds is 1. The molecular formula is C9H12N2O. The summed E-state index contributed by atoms with van der Waals surface area (Å²) in [4.78, 5) is 4.12. The van der Waals surface area contributed by atoms with Gasteiger partial charge in [-0.1, -0.05) is 13.8 Å². The fourth-order valence-corrected chi connectivity index (χ4v) is 1.18. The molecule has 0 unspecified atom stereocenters. The minimum Gasteiger partial charge on any atom is -0.428 e. The zero-order valence-corrected chi connectivity index (χ0v) is 7.53. The molecule has 0 atom stereocenters. The van der Waals surface area contributed by atoms with Crippen LogP contribution in [0.25, 0.3) is 5.84 Å². The van der Waals surface area contributed by atoms with Crippen molar-refractivity contribution in [3.05, 3.63) is 23.8 Å². The lowest BCUT2D eigenvalue weighted by Crippen LogP contribution is -1.83. The Hall–Kier alpha value is -1.25. The Balaban J connectivity index is 2.63. The molecular weight excluding hydrogens is 152 g/mol. The Bertz CT molecular complexity index is 397. The monoisotopic (exact) mass is 164 g/mol. The summed E-state index contributed by atoms with van der Waals surface area (Å²) in [5, 5.41) is 0. The van der Waals surface area contributed by atoms with E-state index in [1.807, 2.05) is 23.7 Å². The molecule has 0 saturated heterocycles. The second-order valence-corrected chi connectivity index (χ2v) is 3.34. The highest BCUT2D eigenvalue weighted by molar-refractivity contribution is 5.29. The molecule has 0 aliphatic heterocycles. The van der Waals surface area contributed by atoms with Crippen LogP contribution in [0.3, 0.4) is 0 Å². The number of aromatic nitrogens is 2. The minimum atomic E-state index is 0.422. The van der Waals surface area contributed by atoms with Gasteiger partial charge in [0.15, 0.2) is 0 Å². The SMILES string of the molecule is Cc1cnc2oc(C(C)C)cn12. The number of hydrogen-bond acceptors (Lipinski definition) is 2. The summed E-state index contributed by atoms with van der Waals surface area (Å²) in [7, 11) is 0. The molecule has 2 aromatic heterocycles. The molecule has 3 nitrogen and oxygen atoms in total. The van der Waals surface area contributed by atoms with E-state index in [1.54, 1.807) is 0 Å². The maximum Gasteiger partial charge on any atom is 0.306 e. The van der Waals surface area contributed by atoms with Gasteiger partial charge in [-0.2, -0.15) is 0 Å². The Morgan fingerprint density at radius 3 is 2.83 bits per heavy atom. The van der Waals surface area contributed by atoms with Crippen molar-refractivity contribution in [2.24, 2.45) is 0 Å². The average molecular weight is 164 g/mol. The van der Waals surface area contributed by atoms with Gasteiger partial charge in [0.05, 0.1) is 12.4 Å². The molecule has 0 aromatic carbocycles. The number of hydrogen-bond donors (Lipinski definition) is 0. The predicted molar refractivity (Wildman–Crippen MR) is 46.3 cm³/mol. The summed E-state index contributed by atoms with van der Waals surface area (Å²) in [6.07, 6.45) is 3.81. The molecule has 2 aromatic rings. The molecule has 0 spiro atoms. The van der Waals surface area contributed by atoms with E-state index in [0.717, 1.165) is 11.5 Å². The summed E-state index contributed by atoms with van der Waals surface area (Å²) < 4.78 is 7.47. The zero-order valence-electron chi connectivity index (χ0n) is 7.53. The van der Waals surface area contributed by atoms with E-state index in [2.05, 4.69) is 18.8 Å². The van der Waals surface area contributed by atoms with E-state index in [0.29, 0.717) is 11.8 Å². The Kier molecular flexibility index (Phi) is 1.46. The second kappa shape index (κ2) is 2.37. The fourth-order valence-electron chi connectivity index (χ4n) is 1.18. The summed E-state index contributed by atoms with van der Waals surface area (Å²) in [6, 6.07) is 0. The van der Waals surface area contributed by atoms with Gasteiger partial charge in [0, 0.05) is 11.6 Å². The summed E-state index contributed by atoms with van der Waals surface area (Å²) in [5.74, 6) is 2.10. The van der Waals surface area contributed by atoms with Crippen LogP contribution in [0.2, 0.25) is 0 Å². The van der Waals surface area contributed by atoms with Crippen LogP contribution in [-0.4, -0.2) is 9.38 Å². The number of fused-ring (bicyclic) bond motifs is 1. The van der Waals surface area contributed by atoms with Crippen LogP contribution in [0, 0.1) is 6.92 Å². The van der Waals surface area contributed by atoms with Crippen molar-refractivity contribution in [3.8, 4) is 0 Å². The first-order chi connectivity index (χ1) is 5.68. The maximum atomic E-state index is 5.50. The third-order valence-electron chi connectivity index (χ3n) is 1.98. The number of aryl methyl sites for hydroxylation is 1. The maximum absolute atomic E-state index is 5.50. The van der Waals surface area contributed by atoms with Gasteiger partial charge in [-0.15, -0.1) is 0 Å². The lowest BCUT2D eigenvalue weighted by Gasteiger charge is -1.94. The topological polar surface area (TPSA) is 30.4 Å². The van der Waals surface area contributed by atoms with E-state index < -0.39 is 0 Å². The molecule has 2 heterocycles. The van der Waals surface area contributed by atoms with Crippen molar-refractivity contribution >= 4 is 5.84 Å². The first kappa shape index (κ1) is 7.40. The minimum absolute atomic E-state index is 0.422. The molecule has 0 fully saturated rings. The number of imidazole rings is 1. The zero-order chi connectivity index (χ0) is 8.72. The summed E-state index contributed by atoms with van der Waals surface area (Å²) in [6.45, 7) is 6.22. The lowest BCUT2D eigenvalue weighted by atomic mass is 10.2. The largest absolute Gasteiger partial charge is 0.428 e. The van der Waals surface area contributed by atoms with Crippen molar-refractivity contribution in [1.29, 1.82) is 0 Å². The normalized spacial score (nSPS) is 11.7. The van der Waals surface area contributed by atoms with Crippen LogP contribution in [0.15, 0.2) is 16.8 Å². The van der Waals surface area contributed by atoms with Gasteiger partial charge in [0.2, 0.25) is 0 Å². The van der Waals surface area contributed by atoms with Crippen molar-refractivity contribution in [2.45, 2.75) is 26.7 Å². The second-order valence-electron chi connectivity index (χ2n) is 3.34. The molecule has 0 amide bonds. The van der Waals surface area contributed by atoms with Gasteiger partial charge in [0.1, 0.15) is 5.76 Å². The van der Waals surface area contributed by atoms with Crippen LogP contribution < -0.4 is 0 Å². The molecule has 0 saturated carbocycles. The Labute approximate surface area is 71.0 Å². The van der Waals surface area contributed by atoms with Gasteiger partial charge < -0.3 is 4.42 Å². The van der Waals surface area contributed by atoms with Crippen molar-refractivity contribution < 1.29 is 4.42 Å². The number of oxazole rings is 1. The van der Waals surface area contributed by atoms with E-state index >= 15 is 0 Å². The third-order valence-corrected chi connectivity index (χ3v) is 1.98. The first-order valence-electron chi connectivity index (χ1n) is 4.12. The molecule has 0 N–H and O–H groups in total. The van der Waals surface area contributed by atoms with Crippen LogP contribution in [0.5, 0.6) is 0 Å². The molecule has 64 valence electrons. The highest BCUT2D eigenvalue weighted by Crippen LogP contribution is 2.18. The van der Waals surface area contributed by atoms with Gasteiger partial charge in [-0.25, -0.2) is 4.98 Å². The quantitative estimate of drug-likeness (QED) is 0.647. The predicted octanol–water partition coefficient (Wildman–Crippen LogP) is 2.36. The fraction of sp³-hybridized carbons (Fsp3) is 0.444. The molecule has 2 rings (SSSR count). The summed E-state index contributed by atoms with van der Waals surface area (Å²) in [5.41, 5.74) is 1.11. The van der Waals surface area contributed by atoms with Crippen LogP contribution >= 0.6 is 0 Å². The van der Waals surface area contributed by atoms with Gasteiger partial charge in [-0.05, 0) is 6.92 Å². The van der Waals surface area contributed by atoms with Crippen molar-refractivity contribution in [2.75, 3.05) is 0 Å². The van der Waals surface area contributed by atoms with E-state index in [1.165, 1.54) is 0 Å². The van der Waals surface area contributed by atoms with Gasteiger partial charge >= 0.3 is 5.84 Å². The molecule has 0 radical (unpaired) electrons. The van der Waals surface area contributed by atoms with Crippen molar-refractivity contribution in [1.82, 2.24) is 9.38 Å². The van der Waals surface area contributed by atoms with Crippen LogP contribution in [0.1, 0.15) is 31.2 Å². The molecule has 0 bridgehead atoms. The standard InChI is InChI=1S/C9H12N2O/c1-6(2)8-5-11-7(3)4-10-9(11)12-8/h4-6H,1-3H3. The Morgan fingerprint density at radius 2 is 2.25 bits per heavy atom. The van der Waals surface area contributed by atoms with E-state index in [4.69, 9.17) is 4.42 Å². The highest BCUT2D eigenvalue weighted by atomic mass is 16.4. The van der Waals surface area contributed by atoms with E-state index in [9.17, 15) is 0 Å². The van der Waals surface area contributed by atoms with Crippen LogP contribution in [-0.2, 0) is 0 Å². The van der Waals surface area contributed by atoms with Gasteiger partial charge in [0.25, 0.3) is 0 Å². The highest BCUT2D eigenvalue weighted by Gasteiger charge is 2.08. The third kappa shape index (κ3) is 0.932. The average Bonchev–Trinajstić information content (AvgIpc) is 2.53. The number of nitrogens with zero attached hydrogens (tertiary/aromatic N) is 2. The molecule has 12 heavy (non-hydrogen) atoms. The summed E-state index contributed by atoms with van der Waals surface area (Å²) >= 11 is 0.